The first-order valence-electron chi connectivity index (χ1n) is 9.58. The van der Waals surface area contributed by atoms with Crippen LogP contribution >= 0.6 is 0 Å². The number of nitrogens with one attached hydrogen (secondary N) is 1. The number of cyclic esters (lactones) is 1. The van der Waals surface area contributed by atoms with Crippen molar-refractivity contribution in [3.8, 4) is 0 Å². The number of rotatable bonds is 6. The molecule has 2 amide bonds. The van der Waals surface area contributed by atoms with E-state index in [4.69, 9.17) is 9.15 Å². The van der Waals surface area contributed by atoms with E-state index in [1.54, 1.807) is 35.9 Å². The van der Waals surface area contributed by atoms with Crippen molar-refractivity contribution in [2.45, 2.75) is 19.6 Å². The van der Waals surface area contributed by atoms with Gasteiger partial charge in [0.2, 0.25) is 5.91 Å². The maximum Gasteiger partial charge on any atom is 0.414 e. The lowest BCUT2D eigenvalue weighted by Crippen LogP contribution is -2.38. The lowest BCUT2D eigenvalue weighted by molar-refractivity contribution is -0.119. The molecule has 4 rings (SSSR count). The lowest BCUT2D eigenvalue weighted by atomic mass is 10.2. The summed E-state index contributed by atoms with van der Waals surface area (Å²) in [6.45, 7) is 3.68. The largest absolute Gasteiger partial charge is 0.472 e. The summed E-state index contributed by atoms with van der Waals surface area (Å²) >= 11 is 0. The predicted molar refractivity (Wildman–Crippen MR) is 108 cm³/mol. The van der Waals surface area contributed by atoms with Gasteiger partial charge < -0.3 is 19.4 Å². The van der Waals surface area contributed by atoms with Crippen molar-refractivity contribution in [3.63, 3.8) is 0 Å². The highest BCUT2D eigenvalue weighted by Crippen LogP contribution is 2.28. The molecule has 10 heteroatoms. The molecule has 1 fully saturated rings. The van der Waals surface area contributed by atoms with Gasteiger partial charge in [-0.25, -0.2) is 9.18 Å². The lowest BCUT2D eigenvalue weighted by Gasteiger charge is -2.30. The molecule has 158 valence electrons. The fraction of sp³-hybridized carbons (Fsp3) is 0.350. The van der Waals surface area contributed by atoms with Crippen LogP contribution in [0.5, 0.6) is 0 Å². The van der Waals surface area contributed by atoms with Crippen LogP contribution in [0.1, 0.15) is 12.5 Å². The first kappa shape index (κ1) is 19.7. The first-order chi connectivity index (χ1) is 14.5. The fourth-order valence-corrected chi connectivity index (χ4v) is 3.36. The maximum absolute atomic E-state index is 14.8. The molecule has 1 aromatic carbocycles. The van der Waals surface area contributed by atoms with Crippen LogP contribution in [0.25, 0.3) is 0 Å². The number of anilines is 2. The molecule has 0 bridgehead atoms. The van der Waals surface area contributed by atoms with Crippen molar-refractivity contribution in [1.82, 2.24) is 10.3 Å². The summed E-state index contributed by atoms with van der Waals surface area (Å²) in [4.78, 5) is 26.2. The van der Waals surface area contributed by atoms with Crippen molar-refractivity contribution in [2.75, 3.05) is 36.0 Å². The molecule has 0 aliphatic carbocycles. The fourth-order valence-electron chi connectivity index (χ4n) is 3.36. The molecule has 0 saturated carbocycles. The topological polar surface area (TPSA) is 90.6 Å². The minimum Gasteiger partial charge on any atom is -0.472 e. The van der Waals surface area contributed by atoms with Crippen molar-refractivity contribution in [2.24, 2.45) is 5.10 Å². The van der Waals surface area contributed by atoms with E-state index in [0.717, 1.165) is 5.56 Å². The Labute approximate surface area is 172 Å². The molecular formula is C20H22FN5O4. The summed E-state index contributed by atoms with van der Waals surface area (Å²) in [6.07, 6.45) is 3.84. The highest BCUT2D eigenvalue weighted by molar-refractivity contribution is 5.90. The summed E-state index contributed by atoms with van der Waals surface area (Å²) in [5.41, 5.74) is 1.81. The molecule has 2 aromatic rings. The average Bonchev–Trinajstić information content (AvgIpc) is 3.36. The molecule has 2 aliphatic heterocycles. The Morgan fingerprint density at radius 3 is 2.87 bits per heavy atom. The molecule has 0 spiro atoms. The van der Waals surface area contributed by atoms with Gasteiger partial charge in [0.25, 0.3) is 0 Å². The number of furan rings is 1. The Morgan fingerprint density at radius 1 is 1.33 bits per heavy atom. The zero-order chi connectivity index (χ0) is 21.1. The predicted octanol–water partition coefficient (Wildman–Crippen LogP) is 2.15. The Morgan fingerprint density at radius 2 is 2.20 bits per heavy atom. The summed E-state index contributed by atoms with van der Waals surface area (Å²) in [5.74, 6) is -0.660. The average molecular weight is 415 g/mol. The van der Waals surface area contributed by atoms with E-state index in [1.807, 2.05) is 11.1 Å². The number of nitrogens with zero attached hydrogens (tertiary/aromatic N) is 4. The van der Waals surface area contributed by atoms with Crippen LogP contribution < -0.4 is 15.1 Å². The van der Waals surface area contributed by atoms with E-state index in [9.17, 15) is 14.0 Å². The molecule has 1 saturated heterocycles. The Bertz CT molecular complexity index is 949. The van der Waals surface area contributed by atoms with Crippen molar-refractivity contribution in [3.05, 3.63) is 48.2 Å². The number of amides is 2. The Kier molecular flexibility index (Phi) is 5.55. The van der Waals surface area contributed by atoms with Gasteiger partial charge in [0.05, 0.1) is 50.1 Å². The van der Waals surface area contributed by atoms with E-state index in [0.29, 0.717) is 31.0 Å². The number of carbonyl (C=O) groups is 2. The minimum absolute atomic E-state index is 0.202. The smallest absolute Gasteiger partial charge is 0.414 e. The molecule has 1 N–H and O–H groups in total. The second kappa shape index (κ2) is 8.44. The van der Waals surface area contributed by atoms with E-state index in [2.05, 4.69) is 10.4 Å². The second-order valence-corrected chi connectivity index (χ2v) is 7.13. The van der Waals surface area contributed by atoms with Crippen molar-refractivity contribution < 1.29 is 23.1 Å². The standard InChI is InChI=1S/C20H22FN5O4/c1-14(27)22-9-17-11-26(20(28)30-17)16-2-3-19(18(21)8-16)24-5-6-25(23-13-24)10-15-4-7-29-12-15/h2-4,7-8,12-13,17H,5-6,9-11H2,1H3,(H,22,27)/t17-/m0/s1. The van der Waals surface area contributed by atoms with Crippen LogP contribution in [0.15, 0.2) is 46.3 Å². The summed E-state index contributed by atoms with van der Waals surface area (Å²) < 4.78 is 25.1. The molecule has 1 atom stereocenters. The molecule has 30 heavy (non-hydrogen) atoms. The highest BCUT2D eigenvalue weighted by atomic mass is 19.1. The van der Waals surface area contributed by atoms with Crippen LogP contribution in [-0.2, 0) is 16.1 Å². The van der Waals surface area contributed by atoms with Gasteiger partial charge in [0, 0.05) is 19.0 Å². The van der Waals surface area contributed by atoms with E-state index in [1.165, 1.54) is 17.9 Å². The molecule has 3 heterocycles. The summed E-state index contributed by atoms with van der Waals surface area (Å²) in [6, 6.07) is 6.48. The van der Waals surface area contributed by atoms with E-state index in [-0.39, 0.29) is 19.0 Å². The Balaban J connectivity index is 1.40. The van der Waals surface area contributed by atoms with Gasteiger partial charge in [-0.2, -0.15) is 5.10 Å². The number of hydrogen-bond acceptors (Lipinski definition) is 7. The van der Waals surface area contributed by atoms with Crippen LogP contribution in [0.4, 0.5) is 20.6 Å². The van der Waals surface area contributed by atoms with E-state index >= 15 is 0 Å². The maximum atomic E-state index is 14.8. The van der Waals surface area contributed by atoms with Crippen LogP contribution in [0.2, 0.25) is 0 Å². The van der Waals surface area contributed by atoms with Gasteiger partial charge in [0.15, 0.2) is 0 Å². The third kappa shape index (κ3) is 4.37. The summed E-state index contributed by atoms with van der Waals surface area (Å²) in [5, 5.41) is 8.86. The summed E-state index contributed by atoms with van der Waals surface area (Å²) in [7, 11) is 0. The number of halogens is 1. The van der Waals surface area contributed by atoms with Crippen LogP contribution in [0, 0.1) is 5.82 Å². The second-order valence-electron chi connectivity index (χ2n) is 7.13. The number of hydrazone groups is 1. The molecular weight excluding hydrogens is 393 g/mol. The quantitative estimate of drug-likeness (QED) is 0.778. The van der Waals surface area contributed by atoms with Gasteiger partial charge in [-0.3, -0.25) is 14.7 Å². The first-order valence-corrected chi connectivity index (χ1v) is 9.58. The number of ether oxygens (including phenoxy) is 1. The van der Waals surface area contributed by atoms with Gasteiger partial charge in [-0.1, -0.05) is 0 Å². The third-order valence-electron chi connectivity index (χ3n) is 4.90. The number of benzene rings is 1. The van der Waals surface area contributed by atoms with Gasteiger partial charge in [0.1, 0.15) is 18.3 Å². The zero-order valence-electron chi connectivity index (χ0n) is 16.5. The van der Waals surface area contributed by atoms with Crippen LogP contribution in [-0.4, -0.2) is 55.6 Å². The molecule has 2 aliphatic rings. The van der Waals surface area contributed by atoms with Gasteiger partial charge in [-0.05, 0) is 24.3 Å². The molecule has 0 radical (unpaired) electrons. The van der Waals surface area contributed by atoms with Gasteiger partial charge in [-0.15, -0.1) is 0 Å². The minimum atomic E-state index is -0.563. The number of carbonyl (C=O) groups excluding carboxylic acids is 2. The highest BCUT2D eigenvalue weighted by Gasteiger charge is 2.33. The van der Waals surface area contributed by atoms with Crippen LogP contribution in [0.3, 0.4) is 0 Å². The van der Waals surface area contributed by atoms with Gasteiger partial charge >= 0.3 is 6.09 Å². The number of hydrogen-bond donors (Lipinski definition) is 1. The molecule has 1 aromatic heterocycles. The van der Waals surface area contributed by atoms with Crippen molar-refractivity contribution in [1.29, 1.82) is 0 Å². The normalized spacial score (nSPS) is 18.7. The van der Waals surface area contributed by atoms with E-state index < -0.39 is 18.0 Å². The molecule has 9 nitrogen and oxygen atoms in total. The van der Waals surface area contributed by atoms with Crippen molar-refractivity contribution >= 4 is 29.7 Å². The third-order valence-corrected chi connectivity index (χ3v) is 4.90. The monoisotopic (exact) mass is 415 g/mol. The Hall–Kier alpha value is -3.56. The molecule has 0 unspecified atom stereocenters. The SMILES string of the molecule is CC(=O)NC[C@H]1CN(c2ccc(N3C=NN(Cc4ccoc4)CC3)c(F)c2)C(=O)O1. The zero-order valence-corrected chi connectivity index (χ0v) is 16.5.